The number of sulfonamides is 1. The minimum atomic E-state index is -3.64. The number of nitrogens with zero attached hydrogens (tertiary/aromatic N) is 2. The summed E-state index contributed by atoms with van der Waals surface area (Å²) in [7, 11) is -3.64. The van der Waals surface area contributed by atoms with E-state index in [2.05, 4.69) is 20.2 Å². The third kappa shape index (κ3) is 3.09. The number of amides is 1. The zero-order valence-electron chi connectivity index (χ0n) is 11.7. The maximum Gasteiger partial charge on any atom is 0.270 e. The fourth-order valence-electron chi connectivity index (χ4n) is 3.22. The second-order valence-electron chi connectivity index (χ2n) is 5.68. The zero-order chi connectivity index (χ0) is 15.0. The van der Waals surface area contributed by atoms with Crippen molar-refractivity contribution in [3.05, 3.63) is 0 Å². The van der Waals surface area contributed by atoms with E-state index >= 15 is 0 Å². The number of carbonyl (C=O) groups is 1. The van der Waals surface area contributed by atoms with Crippen molar-refractivity contribution in [2.75, 3.05) is 5.32 Å². The smallest absolute Gasteiger partial charge is 0.270 e. The molecular weight excluding hydrogens is 312 g/mol. The number of aromatic nitrogens is 2. The van der Waals surface area contributed by atoms with Gasteiger partial charge in [-0.3, -0.25) is 4.79 Å². The maximum atomic E-state index is 12.3. The Hall–Kier alpha value is -1.06. The van der Waals surface area contributed by atoms with Crippen LogP contribution < -0.4 is 10.0 Å². The molecule has 1 amide bonds. The second-order valence-corrected chi connectivity index (χ2v) is 8.54. The Labute approximate surface area is 127 Å². The minimum absolute atomic E-state index is 0.0198. The molecule has 2 aliphatic rings. The quantitative estimate of drug-likeness (QED) is 0.794. The minimum Gasteiger partial charge on any atom is -0.301 e. The molecule has 3 rings (SSSR count). The van der Waals surface area contributed by atoms with Crippen LogP contribution in [0, 0.1) is 11.8 Å². The summed E-state index contributed by atoms with van der Waals surface area (Å²) in [6.07, 6.45) is 4.68. The molecule has 9 heteroatoms. The van der Waals surface area contributed by atoms with Gasteiger partial charge in [0.1, 0.15) is 0 Å². The van der Waals surface area contributed by atoms with Crippen molar-refractivity contribution in [1.82, 2.24) is 14.9 Å². The molecule has 3 atom stereocenters. The van der Waals surface area contributed by atoms with Crippen LogP contribution in [0.5, 0.6) is 0 Å². The number of hydrogen-bond acceptors (Lipinski definition) is 6. The highest BCUT2D eigenvalue weighted by molar-refractivity contribution is 7.91. The van der Waals surface area contributed by atoms with Crippen LogP contribution in [0.4, 0.5) is 5.13 Å². The van der Waals surface area contributed by atoms with Crippen LogP contribution in [0.2, 0.25) is 0 Å². The fourth-order valence-corrected chi connectivity index (χ4v) is 5.47. The van der Waals surface area contributed by atoms with Crippen LogP contribution in [0.15, 0.2) is 4.34 Å². The largest absolute Gasteiger partial charge is 0.301 e. The summed E-state index contributed by atoms with van der Waals surface area (Å²) in [5.41, 5.74) is 0. The molecule has 0 aromatic carbocycles. The van der Waals surface area contributed by atoms with Crippen molar-refractivity contribution in [2.45, 2.75) is 49.4 Å². The predicted molar refractivity (Wildman–Crippen MR) is 78.4 cm³/mol. The SMILES string of the molecule is CCC(=O)Nc1nnc(S(=O)(=O)N[C@H]2C[C@H]3CC[C@@H]2C3)s1. The highest BCUT2D eigenvalue weighted by Crippen LogP contribution is 2.44. The molecule has 1 aromatic rings. The molecule has 1 heterocycles. The Morgan fingerprint density at radius 2 is 2.14 bits per heavy atom. The normalized spacial score (nSPS) is 28.0. The third-order valence-corrected chi connectivity index (χ3v) is 6.94. The van der Waals surface area contributed by atoms with Crippen LogP contribution in [0.25, 0.3) is 0 Å². The maximum absolute atomic E-state index is 12.3. The van der Waals surface area contributed by atoms with E-state index in [0.717, 1.165) is 30.6 Å². The topological polar surface area (TPSA) is 101 Å². The van der Waals surface area contributed by atoms with Crippen molar-refractivity contribution < 1.29 is 13.2 Å². The van der Waals surface area contributed by atoms with Crippen LogP contribution in [0.3, 0.4) is 0 Å². The van der Waals surface area contributed by atoms with Crippen molar-refractivity contribution in [1.29, 1.82) is 0 Å². The number of fused-ring (bicyclic) bond motifs is 2. The summed E-state index contributed by atoms with van der Waals surface area (Å²) in [5.74, 6) is 0.907. The van der Waals surface area contributed by atoms with E-state index in [0.29, 0.717) is 18.3 Å². The summed E-state index contributed by atoms with van der Waals surface area (Å²) >= 11 is 0.882. The molecule has 0 spiro atoms. The molecule has 2 fully saturated rings. The van der Waals surface area contributed by atoms with E-state index in [-0.39, 0.29) is 21.4 Å². The molecule has 116 valence electrons. The van der Waals surface area contributed by atoms with E-state index in [1.165, 1.54) is 6.42 Å². The van der Waals surface area contributed by atoms with Gasteiger partial charge in [-0.15, -0.1) is 10.2 Å². The molecule has 7 nitrogen and oxygen atoms in total. The first-order chi connectivity index (χ1) is 9.98. The average molecular weight is 330 g/mol. The van der Waals surface area contributed by atoms with Gasteiger partial charge in [-0.05, 0) is 31.1 Å². The highest BCUT2D eigenvalue weighted by Gasteiger charge is 2.41. The molecule has 0 saturated heterocycles. The lowest BCUT2D eigenvalue weighted by Gasteiger charge is -2.21. The van der Waals surface area contributed by atoms with Gasteiger partial charge in [-0.25, -0.2) is 13.1 Å². The predicted octanol–water partition coefficient (Wildman–Crippen LogP) is 1.35. The summed E-state index contributed by atoms with van der Waals surface area (Å²) in [6, 6.07) is 0.0198. The molecule has 0 unspecified atom stereocenters. The van der Waals surface area contributed by atoms with Crippen molar-refractivity contribution in [3.63, 3.8) is 0 Å². The van der Waals surface area contributed by atoms with Gasteiger partial charge in [0, 0.05) is 12.5 Å². The zero-order valence-corrected chi connectivity index (χ0v) is 13.3. The van der Waals surface area contributed by atoms with Crippen molar-refractivity contribution in [3.8, 4) is 0 Å². The van der Waals surface area contributed by atoms with Crippen LogP contribution >= 0.6 is 11.3 Å². The van der Waals surface area contributed by atoms with Gasteiger partial charge >= 0.3 is 0 Å². The van der Waals surface area contributed by atoms with E-state index in [1.807, 2.05) is 0 Å². The number of carbonyl (C=O) groups excluding carboxylic acids is 1. The van der Waals surface area contributed by atoms with Gasteiger partial charge in [0.25, 0.3) is 10.0 Å². The number of anilines is 1. The number of rotatable bonds is 5. The highest BCUT2D eigenvalue weighted by atomic mass is 32.2. The molecule has 2 saturated carbocycles. The molecule has 0 aliphatic heterocycles. The lowest BCUT2D eigenvalue weighted by Crippen LogP contribution is -2.38. The molecular formula is C12H18N4O3S2. The van der Waals surface area contributed by atoms with E-state index in [1.54, 1.807) is 6.92 Å². The van der Waals surface area contributed by atoms with E-state index in [4.69, 9.17) is 0 Å². The van der Waals surface area contributed by atoms with E-state index < -0.39 is 10.0 Å². The third-order valence-electron chi connectivity index (χ3n) is 4.25. The summed E-state index contributed by atoms with van der Waals surface area (Å²) in [4.78, 5) is 11.3. The molecule has 1 aromatic heterocycles. The Bertz CT molecular complexity index is 643. The fraction of sp³-hybridized carbons (Fsp3) is 0.750. The summed E-state index contributed by atoms with van der Waals surface area (Å²) < 4.78 is 27.3. The Morgan fingerprint density at radius 3 is 2.76 bits per heavy atom. The lowest BCUT2D eigenvalue weighted by molar-refractivity contribution is -0.115. The van der Waals surface area contributed by atoms with Crippen LogP contribution in [-0.2, 0) is 14.8 Å². The van der Waals surface area contributed by atoms with Gasteiger partial charge in [0.15, 0.2) is 0 Å². The van der Waals surface area contributed by atoms with Gasteiger partial charge in [0.05, 0.1) is 0 Å². The van der Waals surface area contributed by atoms with Crippen molar-refractivity contribution >= 4 is 32.4 Å². The molecule has 0 radical (unpaired) electrons. The van der Waals surface area contributed by atoms with Gasteiger partial charge in [-0.2, -0.15) is 0 Å². The molecule has 2 aliphatic carbocycles. The Balaban J connectivity index is 1.69. The molecule has 21 heavy (non-hydrogen) atoms. The van der Waals surface area contributed by atoms with Gasteiger partial charge in [-0.1, -0.05) is 24.7 Å². The molecule has 2 bridgehead atoms. The number of hydrogen-bond donors (Lipinski definition) is 2. The molecule has 2 N–H and O–H groups in total. The summed E-state index contributed by atoms with van der Waals surface area (Å²) in [5, 5.41) is 10.1. The Kier molecular flexibility index (Phi) is 3.98. The standard InChI is InChI=1S/C12H18N4O3S2/c1-2-10(17)13-11-14-15-12(20-11)21(18,19)16-9-6-7-3-4-8(9)5-7/h7-9,16H,2-6H2,1H3,(H,13,14,17)/t7-,8+,9-/m0/s1. The average Bonchev–Trinajstić information content (AvgIpc) is 3.13. The second kappa shape index (κ2) is 5.62. The van der Waals surface area contributed by atoms with Crippen LogP contribution in [0.1, 0.15) is 39.0 Å². The summed E-state index contributed by atoms with van der Waals surface area (Å²) in [6.45, 7) is 1.71. The van der Waals surface area contributed by atoms with Crippen LogP contribution in [-0.4, -0.2) is 30.6 Å². The Morgan fingerprint density at radius 1 is 1.33 bits per heavy atom. The van der Waals surface area contributed by atoms with Gasteiger partial charge in [0.2, 0.25) is 15.4 Å². The van der Waals surface area contributed by atoms with E-state index in [9.17, 15) is 13.2 Å². The first-order valence-electron chi connectivity index (χ1n) is 7.13. The lowest BCUT2D eigenvalue weighted by atomic mass is 9.96. The first-order valence-corrected chi connectivity index (χ1v) is 9.43. The first kappa shape index (κ1) is 14.9. The number of nitrogens with one attached hydrogen (secondary N) is 2. The van der Waals surface area contributed by atoms with Gasteiger partial charge < -0.3 is 5.32 Å². The van der Waals surface area contributed by atoms with Crippen molar-refractivity contribution in [2.24, 2.45) is 11.8 Å². The monoisotopic (exact) mass is 330 g/mol.